The lowest BCUT2D eigenvalue weighted by atomic mass is 9.88. The fourth-order valence-electron chi connectivity index (χ4n) is 1.84. The zero-order chi connectivity index (χ0) is 14.8. The predicted octanol–water partition coefficient (Wildman–Crippen LogP) is 4.23. The molecule has 108 valence electrons. The number of hydrogen-bond acceptors (Lipinski definition) is 1. The first kappa shape index (κ1) is 16.0. The highest BCUT2D eigenvalue weighted by molar-refractivity contribution is 5.24. The topological polar surface area (TPSA) is 12.0 Å². The van der Waals surface area contributed by atoms with Crippen molar-refractivity contribution in [2.75, 3.05) is 6.54 Å². The van der Waals surface area contributed by atoms with Gasteiger partial charge in [0.2, 0.25) is 0 Å². The van der Waals surface area contributed by atoms with Gasteiger partial charge in [-0.3, -0.25) is 0 Å². The van der Waals surface area contributed by atoms with Gasteiger partial charge in [-0.1, -0.05) is 19.9 Å². The molecular weight excluding hydrogens is 251 g/mol. The summed E-state index contributed by atoms with van der Waals surface area (Å²) in [6.45, 7) is 10.6. The molecule has 0 amide bonds. The predicted molar refractivity (Wildman–Crippen MR) is 71.7 cm³/mol. The molecule has 1 aromatic rings. The molecule has 0 bridgehead atoms. The zero-order valence-corrected chi connectivity index (χ0v) is 12.2. The van der Waals surface area contributed by atoms with Crippen LogP contribution in [0.4, 0.5) is 13.2 Å². The van der Waals surface area contributed by atoms with Crippen LogP contribution >= 0.6 is 0 Å². The van der Waals surface area contributed by atoms with Crippen molar-refractivity contribution in [1.29, 1.82) is 0 Å². The summed E-state index contributed by atoms with van der Waals surface area (Å²) in [6, 6.07) is 2.31. The molecule has 0 aliphatic heterocycles. The van der Waals surface area contributed by atoms with E-state index in [2.05, 4.69) is 5.32 Å². The van der Waals surface area contributed by atoms with E-state index in [0.29, 0.717) is 6.54 Å². The van der Waals surface area contributed by atoms with E-state index in [-0.39, 0.29) is 22.9 Å². The van der Waals surface area contributed by atoms with E-state index in [1.807, 2.05) is 34.6 Å². The summed E-state index contributed by atoms with van der Waals surface area (Å²) in [5.41, 5.74) is 0.197. The van der Waals surface area contributed by atoms with E-state index >= 15 is 0 Å². The Morgan fingerprint density at radius 3 is 2.16 bits per heavy atom. The van der Waals surface area contributed by atoms with Gasteiger partial charge in [-0.05, 0) is 50.8 Å². The van der Waals surface area contributed by atoms with E-state index in [0.717, 1.165) is 6.07 Å². The van der Waals surface area contributed by atoms with Gasteiger partial charge in [0.15, 0.2) is 17.5 Å². The molecule has 0 saturated carbocycles. The minimum absolute atomic E-state index is 0.0272. The molecule has 0 spiro atoms. The van der Waals surface area contributed by atoms with Gasteiger partial charge in [0, 0.05) is 5.54 Å². The maximum Gasteiger partial charge on any atom is 0.194 e. The Morgan fingerprint density at radius 1 is 1.05 bits per heavy atom. The Balaban J connectivity index is 2.83. The molecule has 0 aliphatic rings. The largest absolute Gasteiger partial charge is 0.312 e. The second-order valence-corrected chi connectivity index (χ2v) is 6.16. The van der Waals surface area contributed by atoms with Crippen LogP contribution in [0.25, 0.3) is 0 Å². The molecule has 4 heteroatoms. The normalized spacial score (nSPS) is 15.4. The van der Waals surface area contributed by atoms with Crippen molar-refractivity contribution >= 4 is 0 Å². The summed E-state index contributed by atoms with van der Waals surface area (Å²) in [5.74, 6) is -3.69. The van der Waals surface area contributed by atoms with Gasteiger partial charge in [0.05, 0.1) is 0 Å². The van der Waals surface area contributed by atoms with E-state index in [1.165, 1.54) is 6.07 Å². The first-order chi connectivity index (χ1) is 8.63. The third kappa shape index (κ3) is 4.23. The first-order valence-electron chi connectivity index (χ1n) is 6.52. The van der Waals surface area contributed by atoms with Gasteiger partial charge < -0.3 is 5.32 Å². The van der Waals surface area contributed by atoms with Crippen LogP contribution in [0.15, 0.2) is 12.1 Å². The van der Waals surface area contributed by atoms with Crippen molar-refractivity contribution in [3.63, 3.8) is 0 Å². The highest BCUT2D eigenvalue weighted by Crippen LogP contribution is 2.28. The standard InChI is InChI=1S/C15H22F3N/c1-9(8-19-15(3,4)5)10(2)11-6-7-12(16)14(18)13(11)17/h6-7,9-10,19H,8H2,1-5H3. The summed E-state index contributed by atoms with van der Waals surface area (Å²) in [6.07, 6.45) is 0. The Labute approximate surface area is 113 Å². The van der Waals surface area contributed by atoms with Crippen LogP contribution in [0.1, 0.15) is 46.1 Å². The Bertz CT molecular complexity index is 438. The quantitative estimate of drug-likeness (QED) is 0.809. The first-order valence-corrected chi connectivity index (χ1v) is 6.52. The van der Waals surface area contributed by atoms with Crippen LogP contribution in [0.3, 0.4) is 0 Å². The minimum atomic E-state index is -1.39. The fraction of sp³-hybridized carbons (Fsp3) is 0.600. The van der Waals surface area contributed by atoms with E-state index in [9.17, 15) is 13.2 Å². The average molecular weight is 273 g/mol. The zero-order valence-electron chi connectivity index (χ0n) is 12.2. The molecule has 1 aromatic carbocycles. The van der Waals surface area contributed by atoms with Gasteiger partial charge in [0.1, 0.15) is 0 Å². The molecule has 0 radical (unpaired) electrons. The average Bonchev–Trinajstić information content (AvgIpc) is 2.31. The SMILES string of the molecule is CC(CNC(C)(C)C)C(C)c1ccc(F)c(F)c1F. The maximum atomic E-state index is 13.7. The highest BCUT2D eigenvalue weighted by Gasteiger charge is 2.22. The summed E-state index contributed by atoms with van der Waals surface area (Å²) in [5, 5.41) is 3.33. The molecule has 0 heterocycles. The third-order valence-electron chi connectivity index (χ3n) is 3.36. The number of nitrogens with one attached hydrogen (secondary N) is 1. The van der Waals surface area contributed by atoms with Crippen LogP contribution in [-0.2, 0) is 0 Å². The minimum Gasteiger partial charge on any atom is -0.312 e. The second kappa shape index (κ2) is 5.95. The van der Waals surface area contributed by atoms with Gasteiger partial charge in [-0.2, -0.15) is 0 Å². The van der Waals surface area contributed by atoms with Gasteiger partial charge in [-0.15, -0.1) is 0 Å². The lowest BCUT2D eigenvalue weighted by Gasteiger charge is -2.27. The molecule has 0 fully saturated rings. The number of halogens is 3. The summed E-state index contributed by atoms with van der Waals surface area (Å²) >= 11 is 0. The Hall–Kier alpha value is -1.03. The highest BCUT2D eigenvalue weighted by atomic mass is 19.2. The number of hydrogen-bond donors (Lipinski definition) is 1. The van der Waals surface area contributed by atoms with Crippen LogP contribution in [-0.4, -0.2) is 12.1 Å². The van der Waals surface area contributed by atoms with E-state index in [4.69, 9.17) is 0 Å². The number of benzene rings is 1. The van der Waals surface area contributed by atoms with Gasteiger partial charge in [0.25, 0.3) is 0 Å². The second-order valence-electron chi connectivity index (χ2n) is 6.16. The Morgan fingerprint density at radius 2 is 1.63 bits per heavy atom. The van der Waals surface area contributed by atoms with Crippen molar-refractivity contribution in [3.05, 3.63) is 35.1 Å². The molecule has 0 aromatic heterocycles. The molecule has 1 N–H and O–H groups in total. The lowest BCUT2D eigenvalue weighted by Crippen LogP contribution is -2.39. The third-order valence-corrected chi connectivity index (χ3v) is 3.36. The van der Waals surface area contributed by atoms with Crippen LogP contribution in [0.2, 0.25) is 0 Å². The van der Waals surface area contributed by atoms with E-state index in [1.54, 1.807) is 0 Å². The van der Waals surface area contributed by atoms with Crippen molar-refractivity contribution in [2.24, 2.45) is 5.92 Å². The summed E-state index contributed by atoms with van der Waals surface area (Å²) < 4.78 is 39.8. The molecular formula is C15H22F3N. The summed E-state index contributed by atoms with van der Waals surface area (Å²) in [7, 11) is 0. The van der Waals surface area contributed by atoms with Crippen LogP contribution in [0, 0.1) is 23.4 Å². The molecule has 19 heavy (non-hydrogen) atoms. The number of rotatable bonds is 4. The molecule has 0 saturated heterocycles. The molecule has 2 unspecified atom stereocenters. The molecule has 1 nitrogen and oxygen atoms in total. The molecule has 0 aliphatic carbocycles. The van der Waals surface area contributed by atoms with E-state index < -0.39 is 17.5 Å². The van der Waals surface area contributed by atoms with Gasteiger partial charge >= 0.3 is 0 Å². The maximum absolute atomic E-state index is 13.7. The molecule has 1 rings (SSSR count). The van der Waals surface area contributed by atoms with Crippen molar-refractivity contribution in [3.8, 4) is 0 Å². The smallest absolute Gasteiger partial charge is 0.194 e. The summed E-state index contributed by atoms with van der Waals surface area (Å²) in [4.78, 5) is 0. The fourth-order valence-corrected chi connectivity index (χ4v) is 1.84. The molecule has 2 atom stereocenters. The van der Waals surface area contributed by atoms with Crippen molar-refractivity contribution in [1.82, 2.24) is 5.32 Å². The Kier molecular flexibility index (Phi) is 5.02. The van der Waals surface area contributed by atoms with Gasteiger partial charge in [-0.25, -0.2) is 13.2 Å². The van der Waals surface area contributed by atoms with Crippen LogP contribution < -0.4 is 5.32 Å². The van der Waals surface area contributed by atoms with Crippen molar-refractivity contribution < 1.29 is 13.2 Å². The monoisotopic (exact) mass is 273 g/mol. The van der Waals surface area contributed by atoms with Crippen molar-refractivity contribution in [2.45, 2.75) is 46.1 Å². The lowest BCUT2D eigenvalue weighted by molar-refractivity contribution is 0.351. The van der Waals surface area contributed by atoms with Crippen LogP contribution in [0.5, 0.6) is 0 Å².